The highest BCUT2D eigenvalue weighted by Crippen LogP contribution is 2.65. The van der Waals surface area contributed by atoms with Gasteiger partial charge in [-0.3, -0.25) is 4.79 Å². The van der Waals surface area contributed by atoms with Crippen LogP contribution in [0.25, 0.3) is 0 Å². The van der Waals surface area contributed by atoms with Crippen LogP contribution in [0, 0.1) is 22.7 Å². The predicted octanol–water partition coefficient (Wildman–Crippen LogP) is 5.94. The maximum Gasteiger partial charge on any atom is 0.310 e. The van der Waals surface area contributed by atoms with Gasteiger partial charge in [0, 0.05) is 22.7 Å². The molecule has 0 aliphatic heterocycles. The SMILES string of the molecule is CC1(C)[C@H]2CC[C@](C)(C2)[C@H]1OC(=O)C1[C@@H](c2ccccc2)[C@@H]1c1ccccc1. The van der Waals surface area contributed by atoms with Gasteiger partial charge in [-0.15, -0.1) is 0 Å². The average molecular weight is 375 g/mol. The van der Waals surface area contributed by atoms with Crippen LogP contribution in [0.5, 0.6) is 0 Å². The van der Waals surface area contributed by atoms with Gasteiger partial charge in [0.1, 0.15) is 6.10 Å². The quantitative estimate of drug-likeness (QED) is 0.619. The Hall–Kier alpha value is -2.09. The summed E-state index contributed by atoms with van der Waals surface area (Å²) in [5.41, 5.74) is 2.74. The summed E-state index contributed by atoms with van der Waals surface area (Å²) in [6.07, 6.45) is 3.71. The topological polar surface area (TPSA) is 26.3 Å². The summed E-state index contributed by atoms with van der Waals surface area (Å²) >= 11 is 0. The van der Waals surface area contributed by atoms with E-state index in [2.05, 4.69) is 69.3 Å². The number of hydrogen-bond acceptors (Lipinski definition) is 2. The average Bonchev–Trinajstić information content (AvgIpc) is 3.27. The molecule has 2 aromatic carbocycles. The van der Waals surface area contributed by atoms with E-state index in [1.165, 1.54) is 30.4 Å². The van der Waals surface area contributed by atoms with Gasteiger partial charge in [-0.1, -0.05) is 81.4 Å². The first-order valence-corrected chi connectivity index (χ1v) is 10.7. The van der Waals surface area contributed by atoms with Gasteiger partial charge in [-0.2, -0.15) is 0 Å². The Bertz CT molecular complexity index is 822. The fraction of sp³-hybridized carbons (Fsp3) is 0.500. The first-order chi connectivity index (χ1) is 13.4. The van der Waals surface area contributed by atoms with Gasteiger partial charge in [0.2, 0.25) is 0 Å². The van der Waals surface area contributed by atoms with Crippen molar-refractivity contribution in [2.45, 2.75) is 58.0 Å². The summed E-state index contributed by atoms with van der Waals surface area (Å²) < 4.78 is 6.35. The Morgan fingerprint density at radius 1 is 0.893 bits per heavy atom. The van der Waals surface area contributed by atoms with Crippen molar-refractivity contribution in [1.29, 1.82) is 0 Å². The van der Waals surface area contributed by atoms with E-state index in [1.54, 1.807) is 0 Å². The second-order valence-electron chi connectivity index (χ2n) is 10.1. The minimum Gasteiger partial charge on any atom is -0.461 e. The molecule has 2 bridgehead atoms. The lowest BCUT2D eigenvalue weighted by molar-refractivity contribution is -0.166. The molecule has 3 aliphatic carbocycles. The fourth-order valence-corrected chi connectivity index (χ4v) is 6.53. The van der Waals surface area contributed by atoms with Gasteiger partial charge in [0.25, 0.3) is 0 Å². The maximum absolute atomic E-state index is 13.4. The number of hydrogen-bond donors (Lipinski definition) is 0. The van der Waals surface area contributed by atoms with Crippen LogP contribution in [0.2, 0.25) is 0 Å². The minimum absolute atomic E-state index is 0.00885. The van der Waals surface area contributed by atoms with Crippen LogP contribution in [-0.2, 0) is 9.53 Å². The van der Waals surface area contributed by atoms with E-state index in [1.807, 2.05) is 12.1 Å². The molecule has 2 aromatic rings. The van der Waals surface area contributed by atoms with Crippen LogP contribution in [0.1, 0.15) is 63.0 Å². The third kappa shape index (κ3) is 2.64. The molecule has 5 atom stereocenters. The van der Waals surface area contributed by atoms with Crippen molar-refractivity contribution in [2.75, 3.05) is 0 Å². The Balaban J connectivity index is 1.42. The van der Waals surface area contributed by atoms with E-state index >= 15 is 0 Å². The molecule has 0 aromatic heterocycles. The lowest BCUT2D eigenvalue weighted by Crippen LogP contribution is -2.44. The minimum atomic E-state index is -0.0664. The second kappa shape index (κ2) is 6.20. The van der Waals surface area contributed by atoms with Gasteiger partial charge in [0.05, 0.1) is 5.92 Å². The number of ether oxygens (including phenoxy) is 1. The highest BCUT2D eigenvalue weighted by Gasteiger charge is 2.63. The van der Waals surface area contributed by atoms with E-state index in [0.717, 1.165) is 0 Å². The highest BCUT2D eigenvalue weighted by molar-refractivity contribution is 5.80. The van der Waals surface area contributed by atoms with Gasteiger partial charge in [0.15, 0.2) is 0 Å². The number of fused-ring (bicyclic) bond motifs is 2. The van der Waals surface area contributed by atoms with E-state index in [0.29, 0.717) is 5.92 Å². The zero-order chi connectivity index (χ0) is 19.5. The van der Waals surface area contributed by atoms with Crippen LogP contribution in [0.3, 0.4) is 0 Å². The normalized spacial score (nSPS) is 37.6. The molecule has 2 nitrogen and oxygen atoms in total. The molecule has 3 fully saturated rings. The van der Waals surface area contributed by atoms with E-state index < -0.39 is 0 Å². The van der Waals surface area contributed by atoms with Crippen molar-refractivity contribution in [1.82, 2.24) is 0 Å². The number of carbonyl (C=O) groups is 1. The monoisotopic (exact) mass is 374 g/mol. The van der Waals surface area contributed by atoms with Gasteiger partial charge in [-0.25, -0.2) is 0 Å². The maximum atomic E-state index is 13.4. The molecule has 2 heteroatoms. The van der Waals surface area contributed by atoms with Crippen LogP contribution in [-0.4, -0.2) is 12.1 Å². The molecule has 0 saturated heterocycles. The van der Waals surface area contributed by atoms with Crippen molar-refractivity contribution in [3.05, 3.63) is 71.8 Å². The molecule has 5 rings (SSSR count). The van der Waals surface area contributed by atoms with Crippen molar-refractivity contribution in [3.63, 3.8) is 0 Å². The lowest BCUT2D eigenvalue weighted by Gasteiger charge is -2.41. The van der Waals surface area contributed by atoms with E-state index in [4.69, 9.17) is 4.74 Å². The van der Waals surface area contributed by atoms with Crippen LogP contribution >= 0.6 is 0 Å². The molecule has 28 heavy (non-hydrogen) atoms. The summed E-state index contributed by atoms with van der Waals surface area (Å²) in [5, 5.41) is 0. The molecule has 146 valence electrons. The van der Waals surface area contributed by atoms with Crippen molar-refractivity contribution in [2.24, 2.45) is 22.7 Å². The van der Waals surface area contributed by atoms with E-state index in [-0.39, 0.29) is 40.7 Å². The van der Waals surface area contributed by atoms with Crippen molar-refractivity contribution >= 4 is 5.97 Å². The first-order valence-electron chi connectivity index (χ1n) is 10.7. The van der Waals surface area contributed by atoms with E-state index in [9.17, 15) is 4.79 Å². The molecule has 0 radical (unpaired) electrons. The Morgan fingerprint density at radius 3 is 1.89 bits per heavy atom. The smallest absolute Gasteiger partial charge is 0.310 e. The molecule has 0 N–H and O–H groups in total. The largest absolute Gasteiger partial charge is 0.461 e. The molecule has 3 saturated carbocycles. The zero-order valence-corrected chi connectivity index (χ0v) is 17.1. The molecular weight excluding hydrogens is 344 g/mol. The third-order valence-electron chi connectivity index (χ3n) is 8.03. The zero-order valence-electron chi connectivity index (χ0n) is 17.1. The lowest BCUT2D eigenvalue weighted by atomic mass is 9.70. The highest BCUT2D eigenvalue weighted by atomic mass is 16.5. The summed E-state index contributed by atoms with van der Waals surface area (Å²) in [4.78, 5) is 13.4. The Kier molecular flexibility index (Phi) is 3.98. The molecule has 0 heterocycles. The Morgan fingerprint density at radius 2 is 1.43 bits per heavy atom. The van der Waals surface area contributed by atoms with Crippen LogP contribution in [0.4, 0.5) is 0 Å². The number of rotatable bonds is 4. The summed E-state index contributed by atoms with van der Waals surface area (Å²) in [7, 11) is 0. The molecule has 0 spiro atoms. The number of benzene rings is 2. The third-order valence-corrected chi connectivity index (χ3v) is 8.03. The fourth-order valence-electron chi connectivity index (χ4n) is 6.53. The molecular formula is C26H30O2. The molecule has 0 amide bonds. The summed E-state index contributed by atoms with van der Waals surface area (Å²) in [6.45, 7) is 6.93. The van der Waals surface area contributed by atoms with Gasteiger partial charge < -0.3 is 4.74 Å². The first kappa shape index (κ1) is 18.0. The standard InChI is InChI=1S/C26H30O2/c1-25(2)19-14-15-26(3,16-19)24(25)28-23(27)22-20(17-10-6-4-7-11-17)21(22)18-12-8-5-9-13-18/h4-13,19-22,24H,14-16H2,1-3H3/t19-,20-,21-,24-,26+/m0/s1. The number of carbonyl (C=O) groups excluding carboxylic acids is 1. The summed E-state index contributed by atoms with van der Waals surface area (Å²) in [5.74, 6) is 1.08. The van der Waals surface area contributed by atoms with Crippen LogP contribution in [0.15, 0.2) is 60.7 Å². The summed E-state index contributed by atoms with van der Waals surface area (Å²) in [6, 6.07) is 20.9. The predicted molar refractivity (Wildman–Crippen MR) is 111 cm³/mol. The molecule has 3 aliphatic rings. The van der Waals surface area contributed by atoms with Crippen molar-refractivity contribution < 1.29 is 9.53 Å². The Labute approximate surface area is 168 Å². The van der Waals surface area contributed by atoms with Gasteiger partial charge in [-0.05, 0) is 36.3 Å². The van der Waals surface area contributed by atoms with Crippen LogP contribution < -0.4 is 0 Å². The number of esters is 1. The second-order valence-corrected chi connectivity index (χ2v) is 10.1. The molecule has 0 unspecified atom stereocenters. The van der Waals surface area contributed by atoms with Gasteiger partial charge >= 0.3 is 5.97 Å². The van der Waals surface area contributed by atoms with Crippen molar-refractivity contribution in [3.8, 4) is 0 Å².